The van der Waals surface area contributed by atoms with Gasteiger partial charge in [0.1, 0.15) is 0 Å². The minimum atomic E-state index is -1.41. The smallest absolute Gasteiger partial charge is 0.377 e. The third-order valence-corrected chi connectivity index (χ3v) is 3.19. The minimum Gasteiger partial charge on any atom is -0.475 e. The average Bonchev–Trinajstić information content (AvgIpc) is 2.39. The Morgan fingerprint density at radius 1 is 1.11 bits per heavy atom. The number of benzene rings is 1. The van der Waals surface area contributed by atoms with Crippen LogP contribution in [-0.2, 0) is 4.79 Å². The zero-order valence-electron chi connectivity index (χ0n) is 10.3. The number of rotatable bonds is 3. The van der Waals surface area contributed by atoms with Crippen molar-refractivity contribution in [1.29, 1.82) is 0 Å². The molecule has 0 aromatic heterocycles. The number of Topliss-reactive ketones (excluding diaryl/α,β-unsaturated/α-hetero) is 1. The molecule has 1 aromatic carbocycles. The van der Waals surface area contributed by atoms with Gasteiger partial charge in [0, 0.05) is 31.9 Å². The summed E-state index contributed by atoms with van der Waals surface area (Å²) in [6.45, 7) is 3.44. The number of aliphatic carboxylic acids is 1. The van der Waals surface area contributed by atoms with E-state index in [1.54, 1.807) is 12.1 Å². The van der Waals surface area contributed by atoms with Crippen LogP contribution in [0.2, 0.25) is 0 Å². The van der Waals surface area contributed by atoms with Gasteiger partial charge >= 0.3 is 5.97 Å². The van der Waals surface area contributed by atoms with Crippen LogP contribution in [-0.4, -0.2) is 55.0 Å². The Bertz CT molecular complexity index is 465. The zero-order chi connectivity index (χ0) is 13.1. The molecular formula is C13H16N2O3. The number of carboxylic acids is 1. The van der Waals surface area contributed by atoms with Gasteiger partial charge in [-0.1, -0.05) is 12.1 Å². The van der Waals surface area contributed by atoms with Gasteiger partial charge in [-0.25, -0.2) is 4.79 Å². The maximum absolute atomic E-state index is 11.6. The molecule has 0 atom stereocenters. The molecule has 0 radical (unpaired) electrons. The van der Waals surface area contributed by atoms with Crippen molar-refractivity contribution in [2.45, 2.75) is 0 Å². The van der Waals surface area contributed by atoms with Crippen LogP contribution in [0.15, 0.2) is 24.3 Å². The number of ketones is 1. The molecule has 96 valence electrons. The lowest BCUT2D eigenvalue weighted by Gasteiger charge is -2.34. The Morgan fingerprint density at radius 3 is 2.33 bits per heavy atom. The van der Waals surface area contributed by atoms with Crippen molar-refractivity contribution in [3.05, 3.63) is 29.8 Å². The first-order chi connectivity index (χ1) is 8.59. The van der Waals surface area contributed by atoms with E-state index in [0.29, 0.717) is 0 Å². The lowest BCUT2D eigenvalue weighted by atomic mass is 10.1. The molecule has 0 bridgehead atoms. The van der Waals surface area contributed by atoms with Crippen LogP contribution in [0.1, 0.15) is 10.4 Å². The quantitative estimate of drug-likeness (QED) is 0.630. The van der Waals surface area contributed by atoms with E-state index < -0.39 is 11.8 Å². The van der Waals surface area contributed by atoms with Crippen LogP contribution in [0.4, 0.5) is 5.69 Å². The van der Waals surface area contributed by atoms with Gasteiger partial charge in [-0.2, -0.15) is 0 Å². The summed E-state index contributed by atoms with van der Waals surface area (Å²) < 4.78 is 0. The molecule has 1 aliphatic heterocycles. The molecule has 5 heteroatoms. The van der Waals surface area contributed by atoms with Crippen LogP contribution in [0.5, 0.6) is 0 Å². The summed E-state index contributed by atoms with van der Waals surface area (Å²) in [5.74, 6) is -2.25. The molecule has 1 N–H and O–H groups in total. The van der Waals surface area contributed by atoms with E-state index in [-0.39, 0.29) is 5.56 Å². The number of para-hydroxylation sites is 1. The molecule has 2 rings (SSSR count). The summed E-state index contributed by atoms with van der Waals surface area (Å²) >= 11 is 0. The molecule has 0 aliphatic carbocycles. The van der Waals surface area contributed by atoms with E-state index in [1.165, 1.54) is 0 Å². The first-order valence-corrected chi connectivity index (χ1v) is 5.89. The van der Waals surface area contributed by atoms with Gasteiger partial charge in [0.15, 0.2) is 0 Å². The van der Waals surface area contributed by atoms with Crippen molar-refractivity contribution in [2.75, 3.05) is 38.1 Å². The molecule has 0 spiro atoms. The number of carbonyl (C=O) groups excluding carboxylic acids is 1. The Morgan fingerprint density at radius 2 is 1.72 bits per heavy atom. The molecule has 1 aromatic rings. The van der Waals surface area contributed by atoms with Crippen molar-refractivity contribution in [3.63, 3.8) is 0 Å². The van der Waals surface area contributed by atoms with Gasteiger partial charge in [0.05, 0.1) is 5.56 Å². The average molecular weight is 248 g/mol. The SMILES string of the molecule is CN1CCN(c2ccccc2C(=O)C(=O)O)CC1. The van der Waals surface area contributed by atoms with Crippen LogP contribution in [0.25, 0.3) is 0 Å². The van der Waals surface area contributed by atoms with Crippen LogP contribution >= 0.6 is 0 Å². The highest BCUT2D eigenvalue weighted by Crippen LogP contribution is 2.22. The fraction of sp³-hybridized carbons (Fsp3) is 0.385. The van der Waals surface area contributed by atoms with E-state index in [9.17, 15) is 9.59 Å². The van der Waals surface area contributed by atoms with Gasteiger partial charge in [-0.15, -0.1) is 0 Å². The van der Waals surface area contributed by atoms with Crippen LogP contribution in [0.3, 0.4) is 0 Å². The number of carbonyl (C=O) groups is 2. The first kappa shape index (κ1) is 12.6. The molecule has 0 unspecified atom stereocenters. The van der Waals surface area contributed by atoms with Gasteiger partial charge < -0.3 is 14.9 Å². The van der Waals surface area contributed by atoms with E-state index in [4.69, 9.17) is 5.11 Å². The number of likely N-dealkylation sites (N-methyl/N-ethyl adjacent to an activating group) is 1. The van der Waals surface area contributed by atoms with Gasteiger partial charge in [0.25, 0.3) is 5.78 Å². The first-order valence-electron chi connectivity index (χ1n) is 5.89. The number of hydrogen-bond donors (Lipinski definition) is 1. The predicted molar refractivity (Wildman–Crippen MR) is 68.1 cm³/mol. The summed E-state index contributed by atoms with van der Waals surface area (Å²) in [5, 5.41) is 8.82. The summed E-state index contributed by atoms with van der Waals surface area (Å²) in [5.41, 5.74) is 0.993. The number of anilines is 1. The Kier molecular flexibility index (Phi) is 3.62. The van der Waals surface area contributed by atoms with Crippen molar-refractivity contribution < 1.29 is 14.7 Å². The van der Waals surface area contributed by atoms with Crippen molar-refractivity contribution in [3.8, 4) is 0 Å². The molecule has 1 saturated heterocycles. The number of hydrogen-bond acceptors (Lipinski definition) is 4. The van der Waals surface area contributed by atoms with Crippen molar-refractivity contribution in [2.24, 2.45) is 0 Å². The topological polar surface area (TPSA) is 60.9 Å². The highest BCUT2D eigenvalue weighted by atomic mass is 16.4. The second-order valence-electron chi connectivity index (χ2n) is 4.44. The zero-order valence-corrected chi connectivity index (χ0v) is 10.3. The second-order valence-corrected chi connectivity index (χ2v) is 4.44. The maximum atomic E-state index is 11.6. The molecule has 1 aliphatic rings. The molecule has 18 heavy (non-hydrogen) atoms. The van der Waals surface area contributed by atoms with Crippen LogP contribution < -0.4 is 4.90 Å². The lowest BCUT2D eigenvalue weighted by Crippen LogP contribution is -2.45. The highest BCUT2D eigenvalue weighted by molar-refractivity contribution is 6.41. The van der Waals surface area contributed by atoms with E-state index in [1.807, 2.05) is 19.2 Å². The Labute approximate surface area is 106 Å². The Balaban J connectivity index is 2.27. The largest absolute Gasteiger partial charge is 0.475 e. The molecule has 1 fully saturated rings. The molecule has 0 saturated carbocycles. The fourth-order valence-electron chi connectivity index (χ4n) is 2.10. The molecule has 0 amide bonds. The monoisotopic (exact) mass is 248 g/mol. The maximum Gasteiger partial charge on any atom is 0.377 e. The van der Waals surface area contributed by atoms with Gasteiger partial charge in [-0.3, -0.25) is 4.79 Å². The van der Waals surface area contributed by atoms with Crippen LogP contribution in [0, 0.1) is 0 Å². The highest BCUT2D eigenvalue weighted by Gasteiger charge is 2.22. The summed E-state index contributed by atoms with van der Waals surface area (Å²) in [4.78, 5) is 26.7. The van der Waals surface area contributed by atoms with E-state index in [2.05, 4.69) is 9.80 Å². The second kappa shape index (κ2) is 5.18. The predicted octanol–water partition coefficient (Wildman–Crippen LogP) is 0.706. The van der Waals surface area contributed by atoms with E-state index in [0.717, 1.165) is 31.9 Å². The van der Waals surface area contributed by atoms with Crippen molar-refractivity contribution >= 4 is 17.4 Å². The molecular weight excluding hydrogens is 232 g/mol. The molecule has 5 nitrogen and oxygen atoms in total. The van der Waals surface area contributed by atoms with Gasteiger partial charge in [0.2, 0.25) is 0 Å². The third kappa shape index (κ3) is 2.51. The minimum absolute atomic E-state index is 0.273. The number of carboxylic acid groups (broad SMARTS) is 1. The summed E-state index contributed by atoms with van der Waals surface area (Å²) in [6.07, 6.45) is 0. The number of nitrogens with zero attached hydrogens (tertiary/aromatic N) is 2. The van der Waals surface area contributed by atoms with E-state index >= 15 is 0 Å². The lowest BCUT2D eigenvalue weighted by molar-refractivity contribution is -0.131. The molecule has 1 heterocycles. The standard InChI is InChI=1S/C13H16N2O3/c1-14-6-8-15(9-7-14)11-5-3-2-4-10(11)12(16)13(17)18/h2-5H,6-9H2,1H3,(H,17,18). The van der Waals surface area contributed by atoms with Gasteiger partial charge in [-0.05, 0) is 19.2 Å². The summed E-state index contributed by atoms with van der Waals surface area (Å²) in [7, 11) is 2.05. The normalized spacial score (nSPS) is 16.6. The summed E-state index contributed by atoms with van der Waals surface area (Å²) in [6, 6.07) is 6.90. The third-order valence-electron chi connectivity index (χ3n) is 3.19. The van der Waals surface area contributed by atoms with Crippen molar-refractivity contribution in [1.82, 2.24) is 4.90 Å². The Hall–Kier alpha value is -1.88. The number of piperazine rings is 1. The fourth-order valence-corrected chi connectivity index (χ4v) is 2.10.